The van der Waals surface area contributed by atoms with Gasteiger partial charge in [-0.05, 0) is 82.3 Å². The maximum absolute atomic E-state index is 4.73. The molecule has 5 rings (SSSR count). The quantitative estimate of drug-likeness (QED) is 0.306. The molecule has 0 N–H and O–H groups in total. The van der Waals surface area contributed by atoms with Crippen LogP contribution in [0.5, 0.6) is 0 Å². The SMILES string of the molecule is Cc1cc(N=Cc2ccc3ccccc3c2)ccc1N=Cc1ccc2c(c1)C=CC=CC2. The van der Waals surface area contributed by atoms with Gasteiger partial charge in [-0.15, -0.1) is 0 Å². The summed E-state index contributed by atoms with van der Waals surface area (Å²) in [5.74, 6) is 0. The van der Waals surface area contributed by atoms with Crippen molar-refractivity contribution in [3.8, 4) is 0 Å². The minimum Gasteiger partial charge on any atom is -0.256 e. The third-order valence-corrected chi connectivity index (χ3v) is 5.70. The lowest BCUT2D eigenvalue weighted by molar-refractivity contribution is 1.26. The summed E-state index contributed by atoms with van der Waals surface area (Å²) in [6, 6.07) is 27.4. The zero-order valence-corrected chi connectivity index (χ0v) is 18.1. The van der Waals surface area contributed by atoms with Gasteiger partial charge in [0.05, 0.1) is 11.4 Å². The van der Waals surface area contributed by atoms with Gasteiger partial charge in [0, 0.05) is 12.4 Å². The van der Waals surface area contributed by atoms with Gasteiger partial charge in [0.25, 0.3) is 0 Å². The van der Waals surface area contributed by atoms with E-state index in [1.54, 1.807) is 0 Å². The maximum Gasteiger partial charge on any atom is 0.0660 e. The van der Waals surface area contributed by atoms with Crippen LogP contribution in [0.15, 0.2) is 107 Å². The number of aliphatic imine (C=N–C) groups is 2. The Kier molecular flexibility index (Phi) is 5.59. The molecule has 154 valence electrons. The lowest BCUT2D eigenvalue weighted by atomic mass is 10.0. The van der Waals surface area contributed by atoms with Crippen LogP contribution in [-0.2, 0) is 6.42 Å². The molecule has 2 heteroatoms. The van der Waals surface area contributed by atoms with Crippen LogP contribution in [0.25, 0.3) is 16.8 Å². The standard InChI is InChI=1S/C30H24N2/c1-22-17-29(31-20-23-11-13-26-8-5-6-10-28(26)18-23)15-16-30(22)32-21-24-12-14-25-7-3-2-4-9-27(25)19-24/h2-6,8-21H,7H2,1H3. The second-order valence-electron chi connectivity index (χ2n) is 8.04. The normalized spacial score (nSPS) is 13.2. The van der Waals surface area contributed by atoms with Crippen molar-refractivity contribution in [3.63, 3.8) is 0 Å². The summed E-state index contributed by atoms with van der Waals surface area (Å²) in [4.78, 5) is 9.40. The number of allylic oxidation sites excluding steroid dienone is 3. The topological polar surface area (TPSA) is 24.7 Å². The fourth-order valence-corrected chi connectivity index (χ4v) is 3.91. The van der Waals surface area contributed by atoms with Gasteiger partial charge in [-0.2, -0.15) is 0 Å². The van der Waals surface area contributed by atoms with E-state index in [1.165, 1.54) is 21.9 Å². The monoisotopic (exact) mass is 412 g/mol. The van der Waals surface area contributed by atoms with Gasteiger partial charge in [0.2, 0.25) is 0 Å². The lowest BCUT2D eigenvalue weighted by Gasteiger charge is -2.05. The Morgan fingerprint density at radius 2 is 1.53 bits per heavy atom. The first-order valence-corrected chi connectivity index (χ1v) is 10.9. The number of fused-ring (bicyclic) bond motifs is 2. The Morgan fingerprint density at radius 1 is 0.719 bits per heavy atom. The zero-order valence-electron chi connectivity index (χ0n) is 18.1. The van der Waals surface area contributed by atoms with Crippen LogP contribution in [0.1, 0.15) is 27.8 Å². The third kappa shape index (κ3) is 4.50. The molecule has 0 aromatic heterocycles. The first-order chi connectivity index (χ1) is 15.7. The highest BCUT2D eigenvalue weighted by atomic mass is 14.7. The van der Waals surface area contributed by atoms with Crippen LogP contribution in [0.3, 0.4) is 0 Å². The summed E-state index contributed by atoms with van der Waals surface area (Å²) in [7, 11) is 0. The molecular weight excluding hydrogens is 388 g/mol. The highest BCUT2D eigenvalue weighted by Gasteiger charge is 2.02. The van der Waals surface area contributed by atoms with Crippen molar-refractivity contribution < 1.29 is 0 Å². The van der Waals surface area contributed by atoms with Gasteiger partial charge in [-0.1, -0.05) is 72.8 Å². The molecule has 0 spiro atoms. The third-order valence-electron chi connectivity index (χ3n) is 5.70. The molecule has 0 bridgehead atoms. The van der Waals surface area contributed by atoms with E-state index in [-0.39, 0.29) is 0 Å². The molecule has 0 saturated heterocycles. The molecular formula is C30H24N2. The van der Waals surface area contributed by atoms with E-state index >= 15 is 0 Å². The molecule has 0 fully saturated rings. The van der Waals surface area contributed by atoms with E-state index in [0.717, 1.165) is 34.5 Å². The largest absolute Gasteiger partial charge is 0.256 e. The van der Waals surface area contributed by atoms with E-state index in [4.69, 9.17) is 4.99 Å². The molecule has 4 aromatic rings. The van der Waals surface area contributed by atoms with E-state index in [2.05, 4.69) is 103 Å². The Balaban J connectivity index is 1.33. The number of aryl methyl sites for hydroxylation is 1. The van der Waals surface area contributed by atoms with E-state index < -0.39 is 0 Å². The van der Waals surface area contributed by atoms with Gasteiger partial charge in [-0.3, -0.25) is 9.98 Å². The first-order valence-electron chi connectivity index (χ1n) is 10.9. The minimum absolute atomic E-state index is 0.928. The van der Waals surface area contributed by atoms with Gasteiger partial charge in [0.1, 0.15) is 0 Å². The Hall–Kier alpha value is -4.04. The molecule has 1 aliphatic rings. The van der Waals surface area contributed by atoms with Crippen molar-refractivity contribution in [2.45, 2.75) is 13.3 Å². The lowest BCUT2D eigenvalue weighted by Crippen LogP contribution is -1.89. The second kappa shape index (κ2) is 8.99. The molecule has 0 unspecified atom stereocenters. The summed E-state index contributed by atoms with van der Waals surface area (Å²) in [5, 5.41) is 2.46. The van der Waals surface area contributed by atoms with Crippen molar-refractivity contribution in [2.24, 2.45) is 9.98 Å². The van der Waals surface area contributed by atoms with Crippen molar-refractivity contribution in [2.75, 3.05) is 0 Å². The van der Waals surface area contributed by atoms with Crippen LogP contribution >= 0.6 is 0 Å². The number of rotatable bonds is 4. The second-order valence-corrected chi connectivity index (χ2v) is 8.04. The van der Waals surface area contributed by atoms with E-state index in [9.17, 15) is 0 Å². The first kappa shape index (κ1) is 19.9. The fourth-order valence-electron chi connectivity index (χ4n) is 3.91. The number of nitrogens with zero attached hydrogens (tertiary/aromatic N) is 2. The summed E-state index contributed by atoms with van der Waals surface area (Å²) >= 11 is 0. The van der Waals surface area contributed by atoms with Crippen LogP contribution in [0.2, 0.25) is 0 Å². The number of hydrogen-bond donors (Lipinski definition) is 0. The summed E-state index contributed by atoms with van der Waals surface area (Å²) < 4.78 is 0. The van der Waals surface area contributed by atoms with Crippen LogP contribution in [-0.4, -0.2) is 12.4 Å². The molecule has 2 nitrogen and oxygen atoms in total. The Morgan fingerprint density at radius 3 is 2.44 bits per heavy atom. The predicted molar refractivity (Wildman–Crippen MR) is 138 cm³/mol. The number of benzene rings is 4. The van der Waals surface area contributed by atoms with Crippen molar-refractivity contribution in [1.82, 2.24) is 0 Å². The van der Waals surface area contributed by atoms with E-state index in [0.29, 0.717) is 0 Å². The highest BCUT2D eigenvalue weighted by molar-refractivity contribution is 5.91. The van der Waals surface area contributed by atoms with Crippen molar-refractivity contribution in [1.29, 1.82) is 0 Å². The van der Waals surface area contributed by atoms with Gasteiger partial charge in [-0.25, -0.2) is 0 Å². The predicted octanol–water partition coefficient (Wildman–Crippen LogP) is 7.77. The van der Waals surface area contributed by atoms with Gasteiger partial charge in [0.15, 0.2) is 0 Å². The van der Waals surface area contributed by atoms with Crippen molar-refractivity contribution in [3.05, 3.63) is 125 Å². The van der Waals surface area contributed by atoms with Gasteiger partial charge >= 0.3 is 0 Å². The van der Waals surface area contributed by atoms with E-state index in [1.807, 2.05) is 24.6 Å². The maximum atomic E-state index is 4.73. The van der Waals surface area contributed by atoms with Gasteiger partial charge < -0.3 is 0 Å². The van der Waals surface area contributed by atoms with Crippen LogP contribution < -0.4 is 0 Å². The molecule has 0 saturated carbocycles. The summed E-state index contributed by atoms with van der Waals surface area (Å²) in [5.41, 5.74) is 7.79. The molecule has 4 aromatic carbocycles. The minimum atomic E-state index is 0.928. The molecule has 0 heterocycles. The zero-order chi connectivity index (χ0) is 21.8. The summed E-state index contributed by atoms with van der Waals surface area (Å²) in [6.45, 7) is 2.08. The molecule has 0 atom stereocenters. The number of hydrogen-bond acceptors (Lipinski definition) is 2. The molecule has 0 aliphatic heterocycles. The molecule has 1 aliphatic carbocycles. The average Bonchev–Trinajstić information content (AvgIpc) is 3.07. The average molecular weight is 413 g/mol. The van der Waals surface area contributed by atoms with Crippen LogP contribution in [0.4, 0.5) is 11.4 Å². The van der Waals surface area contributed by atoms with Crippen molar-refractivity contribution >= 4 is 40.7 Å². The fraction of sp³-hybridized carbons (Fsp3) is 0.0667. The van der Waals surface area contributed by atoms with Crippen LogP contribution in [0, 0.1) is 6.92 Å². The molecule has 0 radical (unpaired) electrons. The summed E-state index contributed by atoms with van der Waals surface area (Å²) in [6.07, 6.45) is 13.4. The smallest absolute Gasteiger partial charge is 0.0660 e. The molecule has 32 heavy (non-hydrogen) atoms. The molecule has 0 amide bonds. The Labute approximate surface area is 189 Å². The highest BCUT2D eigenvalue weighted by Crippen LogP contribution is 2.25. The Bertz CT molecular complexity index is 1400.